The third kappa shape index (κ3) is 3.48. The van der Waals surface area contributed by atoms with Crippen molar-refractivity contribution in [1.29, 1.82) is 0 Å². The highest BCUT2D eigenvalue weighted by molar-refractivity contribution is 6.30. The smallest absolute Gasteiger partial charge is 0.325 e. The minimum absolute atomic E-state index is 0.173. The van der Waals surface area contributed by atoms with Crippen LogP contribution in [0, 0.1) is 5.92 Å². The summed E-state index contributed by atoms with van der Waals surface area (Å²) in [4.78, 5) is 11.8. The molecule has 1 aromatic carbocycles. The second-order valence-electron chi connectivity index (χ2n) is 5.63. The van der Waals surface area contributed by atoms with Crippen LogP contribution in [0.5, 0.6) is 0 Å². The van der Waals surface area contributed by atoms with E-state index < -0.39 is 5.54 Å². The van der Waals surface area contributed by atoms with Gasteiger partial charge in [-0.15, -0.1) is 0 Å². The SMILES string of the molecule is COC(=O)C(C)(C)NC(c1ccc(Cl)cc1)C1CC1. The molecule has 0 bridgehead atoms. The predicted octanol–water partition coefficient (Wildman–Crippen LogP) is 3.33. The molecule has 1 aliphatic rings. The molecule has 4 heteroatoms. The molecule has 1 unspecified atom stereocenters. The molecule has 1 saturated carbocycles. The first kappa shape index (κ1) is 14.4. The fourth-order valence-corrected chi connectivity index (χ4v) is 2.40. The lowest BCUT2D eigenvalue weighted by Gasteiger charge is -2.30. The second-order valence-corrected chi connectivity index (χ2v) is 6.06. The van der Waals surface area contributed by atoms with Crippen LogP contribution in [0.25, 0.3) is 0 Å². The number of methoxy groups -OCH3 is 1. The van der Waals surface area contributed by atoms with Gasteiger partial charge in [0.1, 0.15) is 5.54 Å². The van der Waals surface area contributed by atoms with E-state index in [2.05, 4.69) is 5.32 Å². The molecule has 3 nitrogen and oxygen atoms in total. The minimum atomic E-state index is -0.693. The van der Waals surface area contributed by atoms with Gasteiger partial charge in [-0.25, -0.2) is 0 Å². The molecule has 19 heavy (non-hydrogen) atoms. The highest BCUT2D eigenvalue weighted by Crippen LogP contribution is 2.42. The number of hydrogen-bond donors (Lipinski definition) is 1. The summed E-state index contributed by atoms with van der Waals surface area (Å²) in [5, 5.41) is 4.15. The molecule has 0 saturated heterocycles. The number of ether oxygens (including phenoxy) is 1. The van der Waals surface area contributed by atoms with Gasteiger partial charge in [0.15, 0.2) is 0 Å². The van der Waals surface area contributed by atoms with Crippen LogP contribution in [0.4, 0.5) is 0 Å². The zero-order valence-corrected chi connectivity index (χ0v) is 12.3. The molecule has 0 radical (unpaired) electrons. The van der Waals surface area contributed by atoms with Crippen molar-refractivity contribution in [2.75, 3.05) is 7.11 Å². The average Bonchev–Trinajstić information content (AvgIpc) is 3.20. The summed E-state index contributed by atoms with van der Waals surface area (Å²) in [5.74, 6) is 0.345. The van der Waals surface area contributed by atoms with Gasteiger partial charge in [-0.3, -0.25) is 10.1 Å². The molecule has 2 rings (SSSR count). The number of esters is 1. The minimum Gasteiger partial charge on any atom is -0.468 e. The molecule has 0 heterocycles. The Morgan fingerprint density at radius 1 is 1.37 bits per heavy atom. The highest BCUT2D eigenvalue weighted by atomic mass is 35.5. The Balaban J connectivity index is 2.17. The van der Waals surface area contributed by atoms with E-state index in [1.807, 2.05) is 38.1 Å². The Kier molecular flexibility index (Phi) is 4.16. The summed E-state index contributed by atoms with van der Waals surface area (Å²) >= 11 is 5.92. The summed E-state index contributed by atoms with van der Waals surface area (Å²) in [7, 11) is 1.42. The first-order chi connectivity index (χ1) is 8.94. The number of halogens is 1. The Hall–Kier alpha value is -1.06. The number of carbonyl (C=O) groups excluding carboxylic acids is 1. The van der Waals surface area contributed by atoms with Gasteiger partial charge in [-0.05, 0) is 50.3 Å². The Labute approximate surface area is 119 Å². The Morgan fingerprint density at radius 2 is 1.95 bits per heavy atom. The summed E-state index contributed by atoms with van der Waals surface area (Å²) in [6.45, 7) is 3.70. The maximum absolute atomic E-state index is 11.8. The van der Waals surface area contributed by atoms with E-state index >= 15 is 0 Å². The van der Waals surface area contributed by atoms with Crippen LogP contribution >= 0.6 is 11.6 Å². The first-order valence-electron chi connectivity index (χ1n) is 6.55. The average molecular weight is 282 g/mol. The van der Waals surface area contributed by atoms with Crippen molar-refractivity contribution < 1.29 is 9.53 Å². The molecule has 1 atom stereocenters. The number of rotatable bonds is 5. The van der Waals surface area contributed by atoms with E-state index in [0.717, 1.165) is 5.02 Å². The van der Waals surface area contributed by atoms with E-state index in [4.69, 9.17) is 16.3 Å². The third-order valence-electron chi connectivity index (χ3n) is 3.53. The van der Waals surface area contributed by atoms with Gasteiger partial charge in [-0.1, -0.05) is 23.7 Å². The normalized spacial score (nSPS) is 17.1. The van der Waals surface area contributed by atoms with E-state index in [-0.39, 0.29) is 12.0 Å². The molecule has 1 fully saturated rings. The lowest BCUT2D eigenvalue weighted by Crippen LogP contribution is -2.49. The Morgan fingerprint density at radius 3 is 2.42 bits per heavy atom. The van der Waals surface area contributed by atoms with Crippen molar-refractivity contribution in [3.8, 4) is 0 Å². The quantitative estimate of drug-likeness (QED) is 0.842. The van der Waals surface area contributed by atoms with Gasteiger partial charge < -0.3 is 4.74 Å². The van der Waals surface area contributed by atoms with Crippen LogP contribution < -0.4 is 5.32 Å². The van der Waals surface area contributed by atoms with Gasteiger partial charge in [0, 0.05) is 11.1 Å². The van der Waals surface area contributed by atoms with Gasteiger partial charge >= 0.3 is 5.97 Å². The van der Waals surface area contributed by atoms with Crippen molar-refractivity contribution in [2.45, 2.75) is 38.3 Å². The molecule has 1 N–H and O–H groups in total. The van der Waals surface area contributed by atoms with Crippen molar-refractivity contribution >= 4 is 17.6 Å². The van der Waals surface area contributed by atoms with Crippen LogP contribution in [0.3, 0.4) is 0 Å². The van der Waals surface area contributed by atoms with E-state index in [1.54, 1.807) is 0 Å². The number of benzene rings is 1. The molecule has 1 aliphatic carbocycles. The van der Waals surface area contributed by atoms with Crippen molar-refractivity contribution in [2.24, 2.45) is 5.92 Å². The Bertz CT molecular complexity index is 452. The molecule has 0 aliphatic heterocycles. The van der Waals surface area contributed by atoms with Gasteiger partial charge in [0.2, 0.25) is 0 Å². The van der Waals surface area contributed by atoms with Crippen LogP contribution in [0.1, 0.15) is 38.3 Å². The summed E-state index contributed by atoms with van der Waals surface area (Å²) in [5.41, 5.74) is 0.477. The summed E-state index contributed by atoms with van der Waals surface area (Å²) in [6, 6.07) is 7.99. The van der Waals surface area contributed by atoms with Gasteiger partial charge in [0.05, 0.1) is 7.11 Å². The largest absolute Gasteiger partial charge is 0.468 e. The lowest BCUT2D eigenvalue weighted by molar-refractivity contribution is -0.147. The number of carbonyl (C=O) groups is 1. The molecule has 0 spiro atoms. The topological polar surface area (TPSA) is 38.3 Å². The lowest BCUT2D eigenvalue weighted by atomic mass is 9.97. The standard InChI is InChI=1S/C15H20ClNO2/c1-15(2,14(18)19-3)17-13(10-4-5-10)11-6-8-12(16)9-7-11/h6-10,13,17H,4-5H2,1-3H3. The number of nitrogens with one attached hydrogen (secondary N) is 1. The zero-order valence-electron chi connectivity index (χ0n) is 11.6. The van der Waals surface area contributed by atoms with E-state index in [1.165, 1.54) is 25.5 Å². The highest BCUT2D eigenvalue weighted by Gasteiger charge is 2.38. The monoisotopic (exact) mass is 281 g/mol. The zero-order chi connectivity index (χ0) is 14.0. The fourth-order valence-electron chi connectivity index (χ4n) is 2.28. The number of hydrogen-bond acceptors (Lipinski definition) is 3. The van der Waals surface area contributed by atoms with Crippen LogP contribution in [-0.2, 0) is 9.53 Å². The van der Waals surface area contributed by atoms with Crippen LogP contribution in [0.15, 0.2) is 24.3 Å². The third-order valence-corrected chi connectivity index (χ3v) is 3.79. The predicted molar refractivity (Wildman–Crippen MR) is 76.1 cm³/mol. The molecular formula is C15H20ClNO2. The molecular weight excluding hydrogens is 262 g/mol. The molecule has 0 amide bonds. The van der Waals surface area contributed by atoms with Gasteiger partial charge in [-0.2, -0.15) is 0 Å². The summed E-state index contributed by atoms with van der Waals surface area (Å²) in [6.07, 6.45) is 2.38. The fraction of sp³-hybridized carbons (Fsp3) is 0.533. The van der Waals surface area contributed by atoms with Crippen LogP contribution in [0.2, 0.25) is 5.02 Å². The van der Waals surface area contributed by atoms with Crippen molar-refractivity contribution in [3.05, 3.63) is 34.9 Å². The molecule has 0 aromatic heterocycles. The van der Waals surface area contributed by atoms with E-state index in [0.29, 0.717) is 5.92 Å². The second kappa shape index (κ2) is 5.51. The maximum atomic E-state index is 11.8. The van der Waals surface area contributed by atoms with Crippen molar-refractivity contribution in [3.63, 3.8) is 0 Å². The first-order valence-corrected chi connectivity index (χ1v) is 6.93. The molecule has 1 aromatic rings. The van der Waals surface area contributed by atoms with E-state index in [9.17, 15) is 4.79 Å². The maximum Gasteiger partial charge on any atom is 0.325 e. The van der Waals surface area contributed by atoms with Gasteiger partial charge in [0.25, 0.3) is 0 Å². The van der Waals surface area contributed by atoms with Crippen LogP contribution in [-0.4, -0.2) is 18.6 Å². The summed E-state index contributed by atoms with van der Waals surface area (Å²) < 4.78 is 4.85. The molecule has 104 valence electrons. The van der Waals surface area contributed by atoms with Crippen molar-refractivity contribution in [1.82, 2.24) is 5.32 Å².